The predicted octanol–water partition coefficient (Wildman–Crippen LogP) is 3.66. The lowest BCUT2D eigenvalue weighted by Gasteiger charge is -2.20. The number of nitrogens with one attached hydrogen (secondary N) is 1. The summed E-state index contributed by atoms with van der Waals surface area (Å²) >= 11 is 0. The van der Waals surface area contributed by atoms with Gasteiger partial charge in [-0.25, -0.2) is 13.2 Å². The predicted molar refractivity (Wildman–Crippen MR) is 117 cm³/mol. The van der Waals surface area contributed by atoms with E-state index in [1.54, 1.807) is 18.2 Å². The summed E-state index contributed by atoms with van der Waals surface area (Å²) in [7, 11) is -3.85. The Hall–Kier alpha value is -3.40. The van der Waals surface area contributed by atoms with Gasteiger partial charge < -0.3 is 8.94 Å². The third-order valence-corrected chi connectivity index (χ3v) is 7.18. The smallest absolute Gasteiger partial charge is 0.408 e. The average molecular weight is 455 g/mol. The van der Waals surface area contributed by atoms with Crippen LogP contribution in [0.1, 0.15) is 49.4 Å². The van der Waals surface area contributed by atoms with Crippen molar-refractivity contribution in [2.75, 3.05) is 4.72 Å². The van der Waals surface area contributed by atoms with Crippen molar-refractivity contribution in [2.45, 2.75) is 50.0 Å². The Labute approximate surface area is 184 Å². The molecule has 0 radical (unpaired) electrons. The first kappa shape index (κ1) is 20.5. The van der Waals surface area contributed by atoms with Crippen molar-refractivity contribution < 1.29 is 17.4 Å². The summed E-state index contributed by atoms with van der Waals surface area (Å²) in [6.07, 6.45) is 4.08. The quantitative estimate of drug-likeness (QED) is 0.452. The van der Waals surface area contributed by atoms with Crippen molar-refractivity contribution >= 4 is 26.8 Å². The van der Waals surface area contributed by atoms with Gasteiger partial charge in [0.15, 0.2) is 11.4 Å². The molecule has 5 rings (SSSR count). The molecule has 9 nitrogen and oxygen atoms in total. The van der Waals surface area contributed by atoms with Crippen molar-refractivity contribution in [3.05, 3.63) is 70.3 Å². The minimum Gasteiger partial charge on any atom is -0.408 e. The first-order valence-electron chi connectivity index (χ1n) is 10.5. The largest absolute Gasteiger partial charge is 0.420 e. The van der Waals surface area contributed by atoms with Gasteiger partial charge in [0, 0.05) is 17.7 Å². The van der Waals surface area contributed by atoms with Crippen LogP contribution >= 0.6 is 0 Å². The summed E-state index contributed by atoms with van der Waals surface area (Å²) in [5.41, 5.74) is 2.19. The van der Waals surface area contributed by atoms with Crippen LogP contribution in [0, 0.1) is 0 Å². The van der Waals surface area contributed by atoms with Gasteiger partial charge in [-0.15, -0.1) is 0 Å². The molecule has 1 aliphatic rings. The van der Waals surface area contributed by atoms with Crippen molar-refractivity contribution in [1.29, 1.82) is 0 Å². The molecular formula is C22H22N4O5S. The van der Waals surface area contributed by atoms with Crippen LogP contribution in [0.15, 0.2) is 61.1 Å². The monoisotopic (exact) mass is 454 g/mol. The number of nitrogens with zero attached hydrogens (tertiary/aromatic N) is 3. The Kier molecular flexibility index (Phi) is 5.09. The molecule has 1 saturated carbocycles. The Bertz CT molecular complexity index is 1430. The molecule has 1 fully saturated rings. The summed E-state index contributed by atoms with van der Waals surface area (Å²) < 4.78 is 40.1. The molecule has 166 valence electrons. The van der Waals surface area contributed by atoms with Gasteiger partial charge in [0.2, 0.25) is 5.89 Å². The van der Waals surface area contributed by atoms with Crippen LogP contribution in [-0.2, 0) is 23.0 Å². The third-order valence-electron chi connectivity index (χ3n) is 5.80. The summed E-state index contributed by atoms with van der Waals surface area (Å²) in [4.78, 5) is 16.8. The molecule has 0 spiro atoms. The van der Waals surface area contributed by atoms with Crippen LogP contribution in [0.5, 0.6) is 0 Å². The zero-order valence-corrected chi connectivity index (χ0v) is 18.3. The summed E-state index contributed by atoms with van der Waals surface area (Å²) in [6.45, 7) is 2.11. The van der Waals surface area contributed by atoms with Crippen LogP contribution in [0.3, 0.4) is 0 Å². The second kappa shape index (κ2) is 7.94. The van der Waals surface area contributed by atoms with Crippen molar-refractivity contribution in [3.63, 3.8) is 0 Å². The van der Waals surface area contributed by atoms with Gasteiger partial charge in [-0.3, -0.25) is 9.29 Å². The number of aryl methyl sites for hydroxylation is 1. The molecule has 0 unspecified atom stereocenters. The number of fused-ring (bicyclic) bond motifs is 1. The maximum Gasteiger partial charge on any atom is 0.420 e. The topological polar surface area (TPSA) is 120 Å². The second-order valence-electron chi connectivity index (χ2n) is 7.92. The number of rotatable bonds is 7. The number of benzene rings is 2. The van der Waals surface area contributed by atoms with E-state index in [0.29, 0.717) is 28.8 Å². The molecule has 1 aliphatic carbocycles. The van der Waals surface area contributed by atoms with E-state index >= 15 is 0 Å². The highest BCUT2D eigenvalue weighted by atomic mass is 32.2. The Morgan fingerprint density at radius 1 is 1.16 bits per heavy atom. The van der Waals surface area contributed by atoms with Crippen molar-refractivity contribution in [1.82, 2.24) is 14.7 Å². The molecule has 2 heterocycles. The highest BCUT2D eigenvalue weighted by Gasteiger charge is 2.26. The minimum absolute atomic E-state index is 0.00250. The van der Waals surface area contributed by atoms with E-state index in [0.717, 1.165) is 31.2 Å². The molecule has 0 saturated heterocycles. The number of oxazole rings is 1. The maximum absolute atomic E-state index is 12.8. The Morgan fingerprint density at radius 2 is 1.94 bits per heavy atom. The SMILES string of the molecule is CCc1ccc(NS(=O)(=O)c2ccc3c(c2)oc(=O)n3Cc2noc(C3CCC3)n2)cc1. The number of anilines is 1. The van der Waals surface area contributed by atoms with Gasteiger partial charge in [0.05, 0.1) is 17.0 Å². The molecule has 32 heavy (non-hydrogen) atoms. The van der Waals surface area contributed by atoms with Crippen molar-refractivity contribution in [2.24, 2.45) is 0 Å². The fraction of sp³-hybridized carbons (Fsp3) is 0.318. The van der Waals surface area contributed by atoms with E-state index in [2.05, 4.69) is 14.9 Å². The minimum atomic E-state index is -3.85. The Morgan fingerprint density at radius 3 is 2.62 bits per heavy atom. The maximum atomic E-state index is 12.8. The number of aromatic nitrogens is 3. The average Bonchev–Trinajstić information content (AvgIpc) is 3.31. The molecule has 4 aromatic rings. The van der Waals surface area contributed by atoms with Crippen LogP contribution < -0.4 is 10.5 Å². The lowest BCUT2D eigenvalue weighted by atomic mass is 9.85. The summed E-state index contributed by atoms with van der Waals surface area (Å²) in [5.74, 6) is 0.657. The van der Waals surface area contributed by atoms with Gasteiger partial charge in [0.1, 0.15) is 0 Å². The number of hydrogen-bond donors (Lipinski definition) is 1. The molecular weight excluding hydrogens is 432 g/mol. The highest BCUT2D eigenvalue weighted by molar-refractivity contribution is 7.92. The van der Waals surface area contributed by atoms with Crippen LogP contribution in [0.2, 0.25) is 0 Å². The first-order valence-corrected chi connectivity index (χ1v) is 12.0. The van der Waals surface area contributed by atoms with Gasteiger partial charge in [-0.05, 0) is 49.1 Å². The van der Waals surface area contributed by atoms with Gasteiger partial charge in [-0.1, -0.05) is 30.6 Å². The zero-order chi connectivity index (χ0) is 22.3. The molecule has 2 aromatic carbocycles. The zero-order valence-electron chi connectivity index (χ0n) is 17.4. The molecule has 10 heteroatoms. The van der Waals surface area contributed by atoms with Crippen LogP contribution in [-0.4, -0.2) is 23.1 Å². The van der Waals surface area contributed by atoms with Gasteiger partial charge >= 0.3 is 5.76 Å². The molecule has 0 amide bonds. The summed E-state index contributed by atoms with van der Waals surface area (Å²) in [6, 6.07) is 11.5. The lowest BCUT2D eigenvalue weighted by molar-refractivity contribution is 0.291. The fourth-order valence-electron chi connectivity index (χ4n) is 3.68. The molecule has 0 bridgehead atoms. The lowest BCUT2D eigenvalue weighted by Crippen LogP contribution is -2.16. The van der Waals surface area contributed by atoms with E-state index in [9.17, 15) is 13.2 Å². The summed E-state index contributed by atoms with van der Waals surface area (Å²) in [5, 5.41) is 3.96. The molecule has 0 atom stereocenters. The molecule has 0 aliphatic heterocycles. The van der Waals surface area contributed by atoms with Crippen LogP contribution in [0.25, 0.3) is 11.1 Å². The first-order chi connectivity index (χ1) is 15.4. The van der Waals surface area contributed by atoms with Gasteiger partial charge in [-0.2, -0.15) is 4.98 Å². The number of hydrogen-bond acceptors (Lipinski definition) is 7. The standard InChI is InChI=1S/C22H22N4O5S/c1-2-14-6-8-16(9-7-14)25-32(28,29)17-10-11-18-19(12-17)30-22(27)26(18)13-20-23-21(31-24-20)15-4-3-5-15/h6-12,15,25H,2-5,13H2,1H3. The third kappa shape index (κ3) is 3.81. The Balaban J connectivity index is 1.40. The normalized spacial score (nSPS) is 14.5. The van der Waals surface area contributed by atoms with Gasteiger partial charge in [0.25, 0.3) is 10.0 Å². The van der Waals surface area contributed by atoms with Crippen LogP contribution in [0.4, 0.5) is 5.69 Å². The van der Waals surface area contributed by atoms with E-state index in [4.69, 9.17) is 8.94 Å². The van der Waals surface area contributed by atoms with E-state index in [1.807, 2.05) is 19.1 Å². The number of sulfonamides is 1. The molecule has 2 aromatic heterocycles. The van der Waals surface area contributed by atoms with E-state index in [1.165, 1.54) is 16.7 Å². The molecule has 1 N–H and O–H groups in total. The van der Waals surface area contributed by atoms with E-state index < -0.39 is 15.8 Å². The van der Waals surface area contributed by atoms with E-state index in [-0.39, 0.29) is 17.0 Å². The second-order valence-corrected chi connectivity index (χ2v) is 9.60. The highest BCUT2D eigenvalue weighted by Crippen LogP contribution is 2.35. The fourth-order valence-corrected chi connectivity index (χ4v) is 4.75. The van der Waals surface area contributed by atoms with Crippen molar-refractivity contribution in [3.8, 4) is 0 Å².